The van der Waals surface area contributed by atoms with E-state index < -0.39 is 23.8 Å². The standard InChI is InChI=1S/C31H35NO6S/c1-5-39-15-14-37-31(35)26-20(3)32-24-16-19(2)25(30(34)36-4)29(33)28(24)27(26)22-12-9-13-23(17-22)38-18-21-10-7-6-8-11-21/h6-13,17,19,25,27,32H,5,14-16,18H2,1-4H3. The first kappa shape index (κ1) is 28.5. The molecule has 1 aliphatic heterocycles. The van der Waals surface area contributed by atoms with Gasteiger partial charge in [0.1, 0.15) is 24.9 Å². The zero-order chi connectivity index (χ0) is 27.9. The fourth-order valence-electron chi connectivity index (χ4n) is 5.22. The van der Waals surface area contributed by atoms with E-state index in [1.807, 2.05) is 68.4 Å². The Morgan fingerprint density at radius 1 is 1.10 bits per heavy atom. The summed E-state index contributed by atoms with van der Waals surface area (Å²) in [4.78, 5) is 40.0. The highest BCUT2D eigenvalue weighted by atomic mass is 32.2. The molecule has 8 heteroatoms. The largest absolute Gasteiger partial charge is 0.489 e. The topological polar surface area (TPSA) is 90.9 Å². The number of methoxy groups -OCH3 is 1. The molecule has 0 radical (unpaired) electrons. The molecule has 0 amide bonds. The van der Waals surface area contributed by atoms with Gasteiger partial charge >= 0.3 is 11.9 Å². The van der Waals surface area contributed by atoms with Crippen molar-refractivity contribution in [1.82, 2.24) is 5.32 Å². The Kier molecular flexibility index (Phi) is 9.51. The second-order valence-electron chi connectivity index (χ2n) is 9.72. The molecule has 0 saturated carbocycles. The molecule has 3 atom stereocenters. The zero-order valence-corrected chi connectivity index (χ0v) is 23.6. The molecule has 3 unspecified atom stereocenters. The second-order valence-corrected chi connectivity index (χ2v) is 11.1. The Hall–Kier alpha value is -3.52. The number of Topliss-reactive ketones (excluding diaryl/α,β-unsaturated/α-hetero) is 1. The Bertz CT molecular complexity index is 1280. The van der Waals surface area contributed by atoms with Crippen LogP contribution < -0.4 is 10.1 Å². The first-order valence-electron chi connectivity index (χ1n) is 13.2. The lowest BCUT2D eigenvalue weighted by Gasteiger charge is -2.38. The molecular formula is C31H35NO6S. The number of esters is 2. The fourth-order valence-corrected chi connectivity index (χ4v) is 5.71. The summed E-state index contributed by atoms with van der Waals surface area (Å²) in [6.45, 7) is 6.39. The van der Waals surface area contributed by atoms with Gasteiger partial charge in [0, 0.05) is 28.6 Å². The molecule has 2 aromatic rings. The Morgan fingerprint density at radius 2 is 1.87 bits per heavy atom. The van der Waals surface area contributed by atoms with Crippen molar-refractivity contribution in [1.29, 1.82) is 0 Å². The molecule has 206 valence electrons. The first-order valence-corrected chi connectivity index (χ1v) is 14.4. The molecule has 4 rings (SSSR count). The Balaban J connectivity index is 1.73. The summed E-state index contributed by atoms with van der Waals surface area (Å²) in [7, 11) is 1.29. The van der Waals surface area contributed by atoms with E-state index >= 15 is 0 Å². The van der Waals surface area contributed by atoms with Crippen molar-refractivity contribution in [3.8, 4) is 5.75 Å². The SMILES string of the molecule is CCSCCOC(=O)C1=C(C)NC2=C(C(=O)C(C(=O)OC)C(C)C2)C1c1cccc(OCc2ccccc2)c1. The van der Waals surface area contributed by atoms with Gasteiger partial charge in [-0.15, -0.1) is 0 Å². The van der Waals surface area contributed by atoms with Crippen LogP contribution in [0.2, 0.25) is 0 Å². The summed E-state index contributed by atoms with van der Waals surface area (Å²) in [6, 6.07) is 17.3. The van der Waals surface area contributed by atoms with Crippen LogP contribution in [0, 0.1) is 11.8 Å². The van der Waals surface area contributed by atoms with Crippen molar-refractivity contribution in [3.05, 3.63) is 88.3 Å². The number of thioether (sulfide) groups is 1. The smallest absolute Gasteiger partial charge is 0.336 e. The van der Waals surface area contributed by atoms with Crippen LogP contribution in [-0.2, 0) is 30.5 Å². The van der Waals surface area contributed by atoms with Crippen LogP contribution in [-0.4, -0.2) is 42.9 Å². The van der Waals surface area contributed by atoms with Crippen LogP contribution in [0.15, 0.2) is 77.1 Å². The van der Waals surface area contributed by atoms with Gasteiger partial charge in [0.05, 0.1) is 12.7 Å². The van der Waals surface area contributed by atoms with Crippen LogP contribution in [0.3, 0.4) is 0 Å². The Labute approximate surface area is 234 Å². The second kappa shape index (κ2) is 13.0. The van der Waals surface area contributed by atoms with Gasteiger partial charge in [0.25, 0.3) is 0 Å². The number of hydrogen-bond acceptors (Lipinski definition) is 8. The van der Waals surface area contributed by atoms with E-state index in [-0.39, 0.29) is 18.3 Å². The van der Waals surface area contributed by atoms with Crippen LogP contribution in [0.5, 0.6) is 5.75 Å². The third-order valence-corrected chi connectivity index (χ3v) is 7.93. The average molecular weight is 550 g/mol. The molecule has 0 spiro atoms. The lowest BCUT2D eigenvalue weighted by molar-refractivity contribution is -0.151. The summed E-state index contributed by atoms with van der Waals surface area (Å²) < 4.78 is 16.7. The number of benzene rings is 2. The number of ether oxygens (including phenoxy) is 3. The minimum Gasteiger partial charge on any atom is -0.489 e. The fraction of sp³-hybridized carbons (Fsp3) is 0.387. The molecule has 1 heterocycles. The van der Waals surface area contributed by atoms with E-state index in [0.29, 0.717) is 41.4 Å². The maximum Gasteiger partial charge on any atom is 0.336 e. The van der Waals surface area contributed by atoms with Crippen molar-refractivity contribution in [2.24, 2.45) is 11.8 Å². The van der Waals surface area contributed by atoms with E-state index in [9.17, 15) is 14.4 Å². The molecule has 1 N–H and O–H groups in total. The van der Waals surface area contributed by atoms with E-state index in [0.717, 1.165) is 22.6 Å². The summed E-state index contributed by atoms with van der Waals surface area (Å²) in [5.74, 6) is -1.04. The average Bonchev–Trinajstić information content (AvgIpc) is 2.94. The number of nitrogens with one attached hydrogen (secondary N) is 1. The lowest BCUT2D eigenvalue weighted by Crippen LogP contribution is -2.43. The number of allylic oxidation sites excluding steroid dienone is 3. The quantitative estimate of drug-likeness (QED) is 0.247. The summed E-state index contributed by atoms with van der Waals surface area (Å²) in [5.41, 5.74) is 3.88. The lowest BCUT2D eigenvalue weighted by atomic mass is 9.69. The van der Waals surface area contributed by atoms with Crippen molar-refractivity contribution in [2.75, 3.05) is 25.2 Å². The van der Waals surface area contributed by atoms with Gasteiger partial charge in [0.2, 0.25) is 0 Å². The molecule has 2 aromatic carbocycles. The molecular weight excluding hydrogens is 514 g/mol. The van der Waals surface area contributed by atoms with Gasteiger partial charge in [-0.3, -0.25) is 9.59 Å². The van der Waals surface area contributed by atoms with Crippen LogP contribution >= 0.6 is 11.8 Å². The molecule has 2 aliphatic rings. The molecule has 0 saturated heterocycles. The molecule has 7 nitrogen and oxygen atoms in total. The van der Waals surface area contributed by atoms with Gasteiger partial charge in [-0.25, -0.2) is 4.79 Å². The van der Waals surface area contributed by atoms with Crippen molar-refractivity contribution < 1.29 is 28.6 Å². The minimum atomic E-state index is -0.938. The van der Waals surface area contributed by atoms with Gasteiger partial charge in [0.15, 0.2) is 5.78 Å². The zero-order valence-electron chi connectivity index (χ0n) is 22.8. The van der Waals surface area contributed by atoms with E-state index in [1.165, 1.54) is 7.11 Å². The minimum absolute atomic E-state index is 0.246. The molecule has 0 fully saturated rings. The third kappa shape index (κ3) is 6.38. The molecule has 0 aromatic heterocycles. The normalized spacial score (nSPS) is 20.7. The van der Waals surface area contributed by atoms with Crippen molar-refractivity contribution >= 4 is 29.5 Å². The van der Waals surface area contributed by atoms with Crippen molar-refractivity contribution in [3.63, 3.8) is 0 Å². The van der Waals surface area contributed by atoms with Crippen molar-refractivity contribution in [2.45, 2.75) is 39.7 Å². The van der Waals surface area contributed by atoms with Crippen LogP contribution in [0.4, 0.5) is 0 Å². The van der Waals surface area contributed by atoms with Gasteiger partial charge in [-0.1, -0.05) is 56.3 Å². The highest BCUT2D eigenvalue weighted by molar-refractivity contribution is 7.99. The number of dihydropyridines is 1. The summed E-state index contributed by atoms with van der Waals surface area (Å²) in [5, 5.41) is 3.30. The number of ketones is 1. The number of carbonyl (C=O) groups excluding carboxylic acids is 3. The van der Waals surface area contributed by atoms with Crippen LogP contribution in [0.1, 0.15) is 44.2 Å². The predicted octanol–water partition coefficient (Wildman–Crippen LogP) is 5.17. The molecule has 39 heavy (non-hydrogen) atoms. The van der Waals surface area contributed by atoms with Gasteiger partial charge in [-0.05, 0) is 48.3 Å². The number of carbonyl (C=O) groups is 3. The molecule has 1 aliphatic carbocycles. The monoisotopic (exact) mass is 549 g/mol. The highest BCUT2D eigenvalue weighted by Gasteiger charge is 2.47. The summed E-state index contributed by atoms with van der Waals surface area (Å²) >= 11 is 1.68. The van der Waals surface area contributed by atoms with Gasteiger partial charge in [-0.2, -0.15) is 11.8 Å². The highest BCUT2D eigenvalue weighted by Crippen LogP contribution is 2.46. The third-order valence-electron chi connectivity index (χ3n) is 7.07. The maximum absolute atomic E-state index is 13.9. The summed E-state index contributed by atoms with van der Waals surface area (Å²) in [6.07, 6.45) is 0.481. The number of rotatable bonds is 10. The number of hydrogen-bond donors (Lipinski definition) is 1. The molecule has 0 bridgehead atoms. The maximum atomic E-state index is 13.9. The predicted molar refractivity (Wildman–Crippen MR) is 151 cm³/mol. The Morgan fingerprint density at radius 3 is 2.59 bits per heavy atom. The van der Waals surface area contributed by atoms with E-state index in [4.69, 9.17) is 14.2 Å². The van der Waals surface area contributed by atoms with E-state index in [1.54, 1.807) is 11.8 Å². The van der Waals surface area contributed by atoms with Crippen LogP contribution in [0.25, 0.3) is 0 Å². The van der Waals surface area contributed by atoms with Gasteiger partial charge < -0.3 is 19.5 Å². The first-order chi connectivity index (χ1) is 18.8. The van der Waals surface area contributed by atoms with E-state index in [2.05, 4.69) is 12.2 Å².